The number of nitrogens with zero attached hydrogens (tertiary/aromatic N) is 1. The van der Waals surface area contributed by atoms with Gasteiger partial charge in [0.1, 0.15) is 5.75 Å². The van der Waals surface area contributed by atoms with Crippen molar-refractivity contribution in [1.29, 1.82) is 0 Å². The third-order valence-corrected chi connectivity index (χ3v) is 4.47. The molecule has 0 aliphatic carbocycles. The summed E-state index contributed by atoms with van der Waals surface area (Å²) in [4.78, 5) is 5.43. The summed E-state index contributed by atoms with van der Waals surface area (Å²) in [5, 5.41) is 6.36. The van der Waals surface area contributed by atoms with Crippen molar-refractivity contribution in [1.82, 2.24) is 10.3 Å². The van der Waals surface area contributed by atoms with E-state index in [1.807, 2.05) is 23.7 Å². The molecular formula is C16H21ClN2OS. The van der Waals surface area contributed by atoms with Gasteiger partial charge in [-0.1, -0.05) is 25.4 Å². The third-order valence-electron chi connectivity index (χ3n) is 3.05. The molecule has 0 bridgehead atoms. The number of hydrogen-bond acceptors (Lipinski definition) is 4. The lowest BCUT2D eigenvalue weighted by Gasteiger charge is -2.18. The van der Waals surface area contributed by atoms with Gasteiger partial charge in [-0.15, -0.1) is 11.3 Å². The van der Waals surface area contributed by atoms with Gasteiger partial charge in [0.25, 0.3) is 0 Å². The smallest absolute Gasteiger partial charge is 0.137 e. The molecule has 0 saturated heterocycles. The second-order valence-corrected chi connectivity index (χ2v) is 6.18. The molecule has 2 aromatic heterocycles. The summed E-state index contributed by atoms with van der Waals surface area (Å²) >= 11 is 7.97. The van der Waals surface area contributed by atoms with Gasteiger partial charge in [-0.05, 0) is 42.5 Å². The molecule has 0 aliphatic rings. The van der Waals surface area contributed by atoms with Crippen molar-refractivity contribution in [2.45, 2.75) is 32.7 Å². The molecule has 1 atom stereocenters. The Morgan fingerprint density at radius 1 is 1.33 bits per heavy atom. The molecule has 0 fully saturated rings. The SMILES string of the molecule is CCCNC(c1cncc(OCCC)c1)c1sccc1Cl. The van der Waals surface area contributed by atoms with Crippen LogP contribution in [-0.2, 0) is 0 Å². The summed E-state index contributed by atoms with van der Waals surface area (Å²) in [5.41, 5.74) is 1.08. The minimum Gasteiger partial charge on any atom is -0.492 e. The second-order valence-electron chi connectivity index (χ2n) is 4.82. The number of halogens is 1. The number of nitrogens with one attached hydrogen (secondary N) is 1. The fourth-order valence-corrected chi connectivity index (χ4v) is 3.32. The molecule has 0 aromatic carbocycles. The zero-order valence-corrected chi connectivity index (χ0v) is 14.0. The molecule has 0 spiro atoms. The molecule has 0 amide bonds. The highest BCUT2D eigenvalue weighted by molar-refractivity contribution is 7.10. The van der Waals surface area contributed by atoms with E-state index in [1.165, 1.54) is 0 Å². The lowest BCUT2D eigenvalue weighted by Crippen LogP contribution is -2.22. The van der Waals surface area contributed by atoms with E-state index in [2.05, 4.69) is 24.1 Å². The van der Waals surface area contributed by atoms with Crippen LogP contribution in [0.15, 0.2) is 29.9 Å². The van der Waals surface area contributed by atoms with Gasteiger partial charge in [-0.25, -0.2) is 0 Å². The Morgan fingerprint density at radius 2 is 2.19 bits per heavy atom. The van der Waals surface area contributed by atoms with E-state index >= 15 is 0 Å². The Bertz CT molecular complexity index is 559. The Kier molecular flexibility index (Phi) is 6.49. The summed E-state index contributed by atoms with van der Waals surface area (Å²) in [5.74, 6) is 0.810. The second kappa shape index (κ2) is 8.37. The average Bonchev–Trinajstić information content (AvgIpc) is 2.92. The van der Waals surface area contributed by atoms with Crippen LogP contribution in [-0.4, -0.2) is 18.1 Å². The summed E-state index contributed by atoms with van der Waals surface area (Å²) < 4.78 is 5.68. The van der Waals surface area contributed by atoms with E-state index in [9.17, 15) is 0 Å². The highest BCUT2D eigenvalue weighted by Gasteiger charge is 2.18. The van der Waals surface area contributed by atoms with Crippen molar-refractivity contribution < 1.29 is 4.74 Å². The molecule has 2 aromatic rings. The molecule has 0 saturated carbocycles. The maximum Gasteiger partial charge on any atom is 0.137 e. The van der Waals surface area contributed by atoms with Gasteiger partial charge < -0.3 is 10.1 Å². The van der Waals surface area contributed by atoms with E-state index < -0.39 is 0 Å². The van der Waals surface area contributed by atoms with Crippen molar-refractivity contribution >= 4 is 22.9 Å². The lowest BCUT2D eigenvalue weighted by molar-refractivity contribution is 0.315. The molecule has 2 rings (SSSR count). The molecule has 5 heteroatoms. The van der Waals surface area contributed by atoms with Crippen LogP contribution in [0.25, 0.3) is 0 Å². The van der Waals surface area contributed by atoms with Crippen molar-refractivity contribution in [2.24, 2.45) is 0 Å². The van der Waals surface area contributed by atoms with E-state index in [4.69, 9.17) is 16.3 Å². The van der Waals surface area contributed by atoms with Gasteiger partial charge >= 0.3 is 0 Å². The number of ether oxygens (including phenoxy) is 1. The van der Waals surface area contributed by atoms with E-state index in [0.717, 1.165) is 40.6 Å². The largest absolute Gasteiger partial charge is 0.492 e. The molecule has 1 N–H and O–H groups in total. The number of pyridine rings is 1. The van der Waals surface area contributed by atoms with Crippen LogP contribution >= 0.6 is 22.9 Å². The number of rotatable bonds is 8. The highest BCUT2D eigenvalue weighted by atomic mass is 35.5. The van der Waals surface area contributed by atoms with Gasteiger partial charge in [-0.3, -0.25) is 4.98 Å². The lowest BCUT2D eigenvalue weighted by atomic mass is 10.1. The van der Waals surface area contributed by atoms with E-state index in [0.29, 0.717) is 6.61 Å². The van der Waals surface area contributed by atoms with Crippen molar-refractivity contribution in [3.05, 3.63) is 45.4 Å². The van der Waals surface area contributed by atoms with Crippen LogP contribution in [0.5, 0.6) is 5.75 Å². The molecule has 1 unspecified atom stereocenters. The average molecular weight is 325 g/mol. The maximum absolute atomic E-state index is 6.31. The van der Waals surface area contributed by atoms with E-state index in [1.54, 1.807) is 17.5 Å². The van der Waals surface area contributed by atoms with E-state index in [-0.39, 0.29) is 6.04 Å². The predicted molar refractivity (Wildman–Crippen MR) is 89.5 cm³/mol. The number of hydrogen-bond donors (Lipinski definition) is 1. The zero-order valence-electron chi connectivity index (χ0n) is 12.4. The molecule has 0 aliphatic heterocycles. The fraction of sp³-hybridized carbons (Fsp3) is 0.438. The van der Waals surface area contributed by atoms with Crippen LogP contribution in [0.2, 0.25) is 5.02 Å². The van der Waals surface area contributed by atoms with Crippen LogP contribution in [0.3, 0.4) is 0 Å². The van der Waals surface area contributed by atoms with Crippen LogP contribution in [0.1, 0.15) is 43.2 Å². The minimum absolute atomic E-state index is 0.0649. The summed E-state index contributed by atoms with van der Waals surface area (Å²) in [6.07, 6.45) is 5.69. The van der Waals surface area contributed by atoms with Crippen molar-refractivity contribution in [3.63, 3.8) is 0 Å². The molecule has 2 heterocycles. The summed E-state index contributed by atoms with van der Waals surface area (Å²) in [6.45, 7) is 5.88. The topological polar surface area (TPSA) is 34.2 Å². The first-order valence-electron chi connectivity index (χ1n) is 7.30. The van der Waals surface area contributed by atoms with Gasteiger partial charge in [0.15, 0.2) is 0 Å². The first-order valence-corrected chi connectivity index (χ1v) is 8.56. The molecular weight excluding hydrogens is 304 g/mol. The van der Waals surface area contributed by atoms with Crippen LogP contribution in [0, 0.1) is 0 Å². The fourth-order valence-electron chi connectivity index (χ4n) is 2.05. The molecule has 3 nitrogen and oxygen atoms in total. The van der Waals surface area contributed by atoms with Gasteiger partial charge in [-0.2, -0.15) is 0 Å². The van der Waals surface area contributed by atoms with Gasteiger partial charge in [0.2, 0.25) is 0 Å². The van der Waals surface area contributed by atoms with Crippen LogP contribution in [0.4, 0.5) is 0 Å². The van der Waals surface area contributed by atoms with Gasteiger partial charge in [0.05, 0.1) is 23.9 Å². The summed E-state index contributed by atoms with van der Waals surface area (Å²) in [7, 11) is 0. The summed E-state index contributed by atoms with van der Waals surface area (Å²) in [6, 6.07) is 4.05. The standard InChI is InChI=1S/C16H21ClN2OS/c1-3-6-19-15(16-14(17)5-8-21-16)12-9-13(11-18-10-12)20-7-4-2/h5,8-11,15,19H,3-4,6-7H2,1-2H3. The first-order chi connectivity index (χ1) is 10.3. The monoisotopic (exact) mass is 324 g/mol. The quantitative estimate of drug-likeness (QED) is 0.766. The van der Waals surface area contributed by atoms with Crippen molar-refractivity contribution in [2.75, 3.05) is 13.2 Å². The van der Waals surface area contributed by atoms with Crippen molar-refractivity contribution in [3.8, 4) is 5.75 Å². The third kappa shape index (κ3) is 4.43. The van der Waals surface area contributed by atoms with Crippen LogP contribution < -0.4 is 10.1 Å². The number of thiophene rings is 1. The Labute approximate surface area is 135 Å². The molecule has 0 radical (unpaired) electrons. The zero-order chi connectivity index (χ0) is 15.1. The Morgan fingerprint density at radius 3 is 2.86 bits per heavy atom. The number of aromatic nitrogens is 1. The Hall–Kier alpha value is -1.10. The maximum atomic E-state index is 6.31. The molecule has 21 heavy (non-hydrogen) atoms. The Balaban J connectivity index is 2.26. The predicted octanol–water partition coefficient (Wildman–Crippen LogP) is 4.67. The molecule has 114 valence electrons. The minimum atomic E-state index is 0.0649. The normalized spacial score (nSPS) is 12.3. The highest BCUT2D eigenvalue weighted by Crippen LogP contribution is 2.33. The first kappa shape index (κ1) is 16.3. The van der Waals surface area contributed by atoms with Gasteiger partial charge in [0, 0.05) is 11.1 Å².